The summed E-state index contributed by atoms with van der Waals surface area (Å²) >= 11 is 0. The van der Waals surface area contributed by atoms with Crippen molar-refractivity contribution in [2.75, 3.05) is 12.8 Å². The number of nitrogens with two attached hydrogens (primary N) is 1. The third-order valence-electron chi connectivity index (χ3n) is 2.11. The van der Waals surface area contributed by atoms with E-state index in [9.17, 15) is 0 Å². The van der Waals surface area contributed by atoms with Crippen LogP contribution in [0.25, 0.3) is 0 Å². The maximum atomic E-state index is 7.00. The van der Waals surface area contributed by atoms with Crippen LogP contribution < -0.4 is 10.5 Å². The first-order valence-corrected chi connectivity index (χ1v) is 5.67. The monoisotopic (exact) mass is 226 g/mol. The van der Waals surface area contributed by atoms with Crippen molar-refractivity contribution in [1.82, 2.24) is 4.98 Å². The van der Waals surface area contributed by atoms with Gasteiger partial charge in [-0.25, -0.2) is 4.98 Å². The second-order valence-electron chi connectivity index (χ2n) is 3.09. The van der Waals surface area contributed by atoms with Crippen LogP contribution in [-0.4, -0.2) is 23.3 Å². The molecule has 0 saturated heterocycles. The van der Waals surface area contributed by atoms with Gasteiger partial charge in [-0.2, -0.15) is 0 Å². The number of hydrogen-bond donors (Lipinski definition) is 2. The van der Waals surface area contributed by atoms with Crippen molar-refractivity contribution >= 4 is 5.82 Å². The van der Waals surface area contributed by atoms with Gasteiger partial charge >= 0.3 is 0 Å². The highest BCUT2D eigenvalue weighted by molar-refractivity contribution is 5.32. The summed E-state index contributed by atoms with van der Waals surface area (Å²) < 4.78 is 5.59. The van der Waals surface area contributed by atoms with Crippen LogP contribution in [0, 0.1) is 0 Å². The number of rotatable bonds is 2. The van der Waals surface area contributed by atoms with Crippen LogP contribution in [0.3, 0.4) is 0 Å². The van der Waals surface area contributed by atoms with Crippen molar-refractivity contribution in [3.8, 4) is 5.75 Å². The average Bonchev–Trinajstić information content (AvgIpc) is 2.31. The molecule has 0 amide bonds. The molecule has 1 fully saturated rings. The second kappa shape index (κ2) is 8.97. The first-order valence-electron chi connectivity index (χ1n) is 5.67. The topological polar surface area (TPSA) is 68.4 Å². The largest absolute Gasteiger partial charge is 0.489 e. The molecule has 2 rings (SSSR count). The van der Waals surface area contributed by atoms with E-state index in [-0.39, 0.29) is 0 Å². The van der Waals surface area contributed by atoms with Crippen LogP contribution >= 0.6 is 0 Å². The molecule has 1 aliphatic carbocycles. The van der Waals surface area contributed by atoms with Crippen LogP contribution in [0.2, 0.25) is 0 Å². The molecule has 0 atom stereocenters. The Morgan fingerprint density at radius 3 is 2.31 bits per heavy atom. The van der Waals surface area contributed by atoms with E-state index in [0.29, 0.717) is 11.9 Å². The van der Waals surface area contributed by atoms with Crippen LogP contribution in [0.5, 0.6) is 5.75 Å². The Bertz CT molecular complexity index is 258. The van der Waals surface area contributed by atoms with Gasteiger partial charge in [0, 0.05) is 7.11 Å². The van der Waals surface area contributed by atoms with Crippen LogP contribution in [0.1, 0.15) is 33.1 Å². The first kappa shape index (κ1) is 14.7. The molecule has 0 aromatic carbocycles. The van der Waals surface area contributed by atoms with Crippen molar-refractivity contribution in [3.05, 3.63) is 18.3 Å². The minimum atomic E-state index is 0.412. The lowest BCUT2D eigenvalue weighted by atomic mass is 9.96. The molecule has 4 nitrogen and oxygen atoms in total. The van der Waals surface area contributed by atoms with Gasteiger partial charge in [-0.05, 0) is 31.4 Å². The van der Waals surface area contributed by atoms with E-state index in [1.165, 1.54) is 19.3 Å². The molecule has 0 unspecified atom stereocenters. The number of anilines is 1. The standard InChI is InChI=1S/C9H12N2O.C2H6.CH4O/c10-9-5-4-8(6-11-9)12-7-2-1-3-7;2*1-2/h4-7H,1-3H2,(H2,10,11);1-2H3;2H,1H3. The molecule has 4 heteroatoms. The minimum Gasteiger partial charge on any atom is -0.489 e. The molecular formula is C12H22N2O2. The maximum Gasteiger partial charge on any atom is 0.138 e. The number of ether oxygens (including phenoxy) is 1. The highest BCUT2D eigenvalue weighted by atomic mass is 16.5. The van der Waals surface area contributed by atoms with E-state index in [1.807, 2.05) is 19.9 Å². The molecule has 0 radical (unpaired) electrons. The second-order valence-corrected chi connectivity index (χ2v) is 3.09. The fourth-order valence-electron chi connectivity index (χ4n) is 1.14. The summed E-state index contributed by atoms with van der Waals surface area (Å²) in [7, 11) is 1.00. The van der Waals surface area contributed by atoms with Crippen molar-refractivity contribution in [3.63, 3.8) is 0 Å². The van der Waals surface area contributed by atoms with Crippen molar-refractivity contribution in [2.45, 2.75) is 39.2 Å². The molecule has 16 heavy (non-hydrogen) atoms. The number of nitrogens with zero attached hydrogens (tertiary/aromatic N) is 1. The molecule has 0 bridgehead atoms. The molecule has 1 saturated carbocycles. The summed E-state index contributed by atoms with van der Waals surface area (Å²) in [5, 5.41) is 7.00. The van der Waals surface area contributed by atoms with Gasteiger partial charge in [-0.1, -0.05) is 13.8 Å². The third kappa shape index (κ3) is 4.98. The zero-order valence-corrected chi connectivity index (χ0v) is 10.3. The number of aliphatic hydroxyl groups excluding tert-OH is 1. The van der Waals surface area contributed by atoms with Crippen LogP contribution in [0.15, 0.2) is 18.3 Å². The van der Waals surface area contributed by atoms with Crippen LogP contribution in [0.4, 0.5) is 5.82 Å². The van der Waals surface area contributed by atoms with E-state index in [1.54, 1.807) is 12.3 Å². The number of aliphatic hydroxyl groups is 1. The zero-order chi connectivity index (χ0) is 12.4. The molecule has 3 N–H and O–H groups in total. The van der Waals surface area contributed by atoms with Gasteiger partial charge in [0.15, 0.2) is 0 Å². The zero-order valence-electron chi connectivity index (χ0n) is 10.3. The lowest BCUT2D eigenvalue weighted by Crippen LogP contribution is -2.24. The summed E-state index contributed by atoms with van der Waals surface area (Å²) in [6, 6.07) is 3.62. The predicted molar refractivity (Wildman–Crippen MR) is 66.4 cm³/mol. The molecule has 1 heterocycles. The van der Waals surface area contributed by atoms with Crippen molar-refractivity contribution < 1.29 is 9.84 Å². The maximum absolute atomic E-state index is 7.00. The van der Waals surface area contributed by atoms with Gasteiger partial charge in [0.1, 0.15) is 11.6 Å². The summed E-state index contributed by atoms with van der Waals surface area (Å²) in [5.41, 5.74) is 5.44. The fraction of sp³-hybridized carbons (Fsp3) is 0.583. The van der Waals surface area contributed by atoms with Crippen LogP contribution in [-0.2, 0) is 0 Å². The average molecular weight is 226 g/mol. The molecule has 1 aromatic heterocycles. The predicted octanol–water partition coefficient (Wildman–Crippen LogP) is 2.23. The SMILES string of the molecule is CC.CO.Nc1ccc(OC2CCC2)cn1. The van der Waals surface area contributed by atoms with Crippen molar-refractivity contribution in [2.24, 2.45) is 0 Å². The Morgan fingerprint density at radius 2 is 1.94 bits per heavy atom. The highest BCUT2D eigenvalue weighted by Crippen LogP contribution is 2.24. The van der Waals surface area contributed by atoms with Crippen molar-refractivity contribution in [1.29, 1.82) is 0 Å². The molecule has 1 aromatic rings. The Kier molecular flexibility index (Phi) is 8.25. The Labute approximate surface area is 97.5 Å². The quantitative estimate of drug-likeness (QED) is 0.811. The molecule has 0 aliphatic heterocycles. The smallest absolute Gasteiger partial charge is 0.138 e. The van der Waals surface area contributed by atoms with Gasteiger partial charge in [0.2, 0.25) is 0 Å². The number of aromatic nitrogens is 1. The number of nitrogen functional groups attached to an aromatic ring is 1. The summed E-state index contributed by atoms with van der Waals surface area (Å²) in [5.74, 6) is 1.37. The summed E-state index contributed by atoms with van der Waals surface area (Å²) in [6.45, 7) is 4.00. The van der Waals surface area contributed by atoms with Gasteiger partial charge in [-0.3, -0.25) is 0 Å². The van der Waals surface area contributed by atoms with Gasteiger partial charge in [-0.15, -0.1) is 0 Å². The first-order chi connectivity index (χ1) is 7.84. The summed E-state index contributed by atoms with van der Waals surface area (Å²) in [4.78, 5) is 3.94. The Morgan fingerprint density at radius 1 is 1.31 bits per heavy atom. The fourth-order valence-corrected chi connectivity index (χ4v) is 1.14. The third-order valence-corrected chi connectivity index (χ3v) is 2.11. The number of hydrogen-bond acceptors (Lipinski definition) is 4. The Balaban J connectivity index is 0.000000509. The van der Waals surface area contributed by atoms with Gasteiger partial charge in [0.05, 0.1) is 12.3 Å². The molecular weight excluding hydrogens is 204 g/mol. The highest BCUT2D eigenvalue weighted by Gasteiger charge is 2.18. The molecule has 92 valence electrons. The lowest BCUT2D eigenvalue weighted by molar-refractivity contribution is 0.120. The molecule has 0 spiro atoms. The number of pyridine rings is 1. The normalized spacial score (nSPS) is 13.5. The lowest BCUT2D eigenvalue weighted by Gasteiger charge is -2.26. The minimum absolute atomic E-state index is 0.412. The van der Waals surface area contributed by atoms with E-state index >= 15 is 0 Å². The van der Waals surface area contributed by atoms with E-state index in [4.69, 9.17) is 15.6 Å². The van der Waals surface area contributed by atoms with Gasteiger partial charge in [0.25, 0.3) is 0 Å². The van der Waals surface area contributed by atoms with E-state index < -0.39 is 0 Å². The molecule has 1 aliphatic rings. The van der Waals surface area contributed by atoms with E-state index in [2.05, 4.69) is 4.98 Å². The summed E-state index contributed by atoms with van der Waals surface area (Å²) in [6.07, 6.45) is 5.71. The van der Waals surface area contributed by atoms with E-state index in [0.717, 1.165) is 12.9 Å². The van der Waals surface area contributed by atoms with Gasteiger partial charge < -0.3 is 15.6 Å². The Hall–Kier alpha value is -1.29.